The molecule has 0 aromatic heterocycles. The molecule has 21 heavy (non-hydrogen) atoms. The Morgan fingerprint density at radius 1 is 1.43 bits per heavy atom. The summed E-state index contributed by atoms with van der Waals surface area (Å²) >= 11 is 0. The van der Waals surface area contributed by atoms with Gasteiger partial charge in [-0.2, -0.15) is 0 Å². The smallest absolute Gasteiger partial charge is 0.269 e. The molecule has 1 saturated heterocycles. The molecule has 0 bridgehead atoms. The zero-order valence-electron chi connectivity index (χ0n) is 11.9. The standard InChI is InChI=1S/C14H19N3O3.ClH/c1-10-9-15-7-6-13(10)16-14(18)8-11-2-4-12(5-3-11)17(19)20;/h2-5,10,13,15H,6-9H2,1H3,(H,16,18);1H. The lowest BCUT2D eigenvalue weighted by atomic mass is 9.95. The molecule has 1 amide bonds. The number of nitro groups is 1. The fourth-order valence-electron chi connectivity index (χ4n) is 2.41. The highest BCUT2D eigenvalue weighted by Crippen LogP contribution is 2.13. The van der Waals surface area contributed by atoms with Crippen molar-refractivity contribution in [3.8, 4) is 0 Å². The lowest BCUT2D eigenvalue weighted by Crippen LogP contribution is -2.48. The maximum atomic E-state index is 12.0. The molecule has 0 saturated carbocycles. The van der Waals surface area contributed by atoms with Gasteiger partial charge in [-0.1, -0.05) is 19.1 Å². The van der Waals surface area contributed by atoms with Crippen LogP contribution in [0.5, 0.6) is 0 Å². The Hall–Kier alpha value is -1.66. The lowest BCUT2D eigenvalue weighted by molar-refractivity contribution is -0.384. The van der Waals surface area contributed by atoms with Crippen LogP contribution in [0.1, 0.15) is 18.9 Å². The summed E-state index contributed by atoms with van der Waals surface area (Å²) in [5, 5.41) is 16.9. The van der Waals surface area contributed by atoms with E-state index in [9.17, 15) is 14.9 Å². The van der Waals surface area contributed by atoms with E-state index in [1.807, 2.05) is 0 Å². The van der Waals surface area contributed by atoms with Crippen LogP contribution in [0.4, 0.5) is 5.69 Å². The summed E-state index contributed by atoms with van der Waals surface area (Å²) in [4.78, 5) is 22.1. The van der Waals surface area contributed by atoms with Crippen LogP contribution in [0.25, 0.3) is 0 Å². The van der Waals surface area contributed by atoms with E-state index in [4.69, 9.17) is 0 Å². The predicted molar refractivity (Wildman–Crippen MR) is 82.6 cm³/mol. The summed E-state index contributed by atoms with van der Waals surface area (Å²) < 4.78 is 0. The molecule has 0 radical (unpaired) electrons. The molecule has 2 unspecified atom stereocenters. The molecule has 1 fully saturated rings. The first-order chi connectivity index (χ1) is 9.56. The van der Waals surface area contributed by atoms with Crippen LogP contribution >= 0.6 is 12.4 Å². The average Bonchev–Trinajstić information content (AvgIpc) is 2.42. The fourth-order valence-corrected chi connectivity index (χ4v) is 2.41. The molecule has 0 spiro atoms. The summed E-state index contributed by atoms with van der Waals surface area (Å²) in [7, 11) is 0. The quantitative estimate of drug-likeness (QED) is 0.654. The van der Waals surface area contributed by atoms with Gasteiger partial charge in [-0.05, 0) is 31.0 Å². The van der Waals surface area contributed by atoms with Crippen LogP contribution < -0.4 is 10.6 Å². The first kappa shape index (κ1) is 17.4. The van der Waals surface area contributed by atoms with Crippen LogP contribution in [0.15, 0.2) is 24.3 Å². The molecule has 1 aliphatic heterocycles. The molecule has 2 rings (SSSR count). The van der Waals surface area contributed by atoms with Crippen LogP contribution in [0.2, 0.25) is 0 Å². The highest BCUT2D eigenvalue weighted by molar-refractivity contribution is 5.85. The number of halogens is 1. The van der Waals surface area contributed by atoms with Gasteiger partial charge in [0, 0.05) is 18.2 Å². The number of hydrogen-bond donors (Lipinski definition) is 2. The minimum atomic E-state index is -0.444. The molecule has 116 valence electrons. The Morgan fingerprint density at radius 2 is 2.10 bits per heavy atom. The number of nitrogens with zero attached hydrogens (tertiary/aromatic N) is 1. The second-order valence-electron chi connectivity index (χ2n) is 5.24. The Bertz CT molecular complexity index is 493. The average molecular weight is 314 g/mol. The summed E-state index contributed by atoms with van der Waals surface area (Å²) in [6.45, 7) is 3.96. The number of non-ortho nitro benzene ring substituents is 1. The molecule has 1 aromatic carbocycles. The lowest BCUT2D eigenvalue weighted by Gasteiger charge is -2.30. The van der Waals surface area contributed by atoms with E-state index in [1.165, 1.54) is 12.1 Å². The molecule has 2 N–H and O–H groups in total. The molecular weight excluding hydrogens is 294 g/mol. The zero-order chi connectivity index (χ0) is 14.5. The number of carbonyl (C=O) groups is 1. The van der Waals surface area contributed by atoms with Crippen molar-refractivity contribution < 1.29 is 9.72 Å². The second kappa shape index (κ2) is 7.95. The van der Waals surface area contributed by atoms with Crippen molar-refractivity contribution in [2.75, 3.05) is 13.1 Å². The zero-order valence-corrected chi connectivity index (χ0v) is 12.7. The first-order valence-electron chi connectivity index (χ1n) is 6.79. The Balaban J connectivity index is 0.00000220. The topological polar surface area (TPSA) is 84.3 Å². The molecule has 7 heteroatoms. The summed E-state index contributed by atoms with van der Waals surface area (Å²) in [6.07, 6.45) is 1.20. The summed E-state index contributed by atoms with van der Waals surface area (Å²) in [6, 6.07) is 6.32. The molecule has 1 heterocycles. The van der Waals surface area contributed by atoms with E-state index in [1.54, 1.807) is 12.1 Å². The number of benzene rings is 1. The normalized spacial score (nSPS) is 21.2. The highest BCUT2D eigenvalue weighted by Gasteiger charge is 2.22. The van der Waals surface area contributed by atoms with Crippen molar-refractivity contribution in [1.29, 1.82) is 0 Å². The van der Waals surface area contributed by atoms with Gasteiger partial charge in [-0.15, -0.1) is 12.4 Å². The van der Waals surface area contributed by atoms with Gasteiger partial charge in [0.15, 0.2) is 0 Å². The van der Waals surface area contributed by atoms with Crippen molar-refractivity contribution in [3.05, 3.63) is 39.9 Å². The van der Waals surface area contributed by atoms with Crippen molar-refractivity contribution >= 4 is 24.0 Å². The number of rotatable bonds is 4. The maximum absolute atomic E-state index is 12.0. The third-order valence-corrected chi connectivity index (χ3v) is 3.64. The monoisotopic (exact) mass is 313 g/mol. The Morgan fingerprint density at radius 3 is 2.67 bits per heavy atom. The number of nitro benzene ring substituents is 1. The molecule has 6 nitrogen and oxygen atoms in total. The first-order valence-corrected chi connectivity index (χ1v) is 6.79. The Labute approximate surface area is 129 Å². The van der Waals surface area contributed by atoms with Gasteiger partial charge in [-0.25, -0.2) is 0 Å². The largest absolute Gasteiger partial charge is 0.353 e. The minimum Gasteiger partial charge on any atom is -0.353 e. The maximum Gasteiger partial charge on any atom is 0.269 e. The Kier molecular flexibility index (Phi) is 6.58. The molecule has 1 aliphatic rings. The van der Waals surface area contributed by atoms with Crippen LogP contribution in [-0.4, -0.2) is 30.0 Å². The van der Waals surface area contributed by atoms with Crippen LogP contribution in [0, 0.1) is 16.0 Å². The van der Waals surface area contributed by atoms with Crippen molar-refractivity contribution in [2.24, 2.45) is 5.92 Å². The second-order valence-corrected chi connectivity index (χ2v) is 5.24. The van der Waals surface area contributed by atoms with Crippen molar-refractivity contribution in [3.63, 3.8) is 0 Å². The van der Waals surface area contributed by atoms with Crippen LogP contribution in [0.3, 0.4) is 0 Å². The van der Waals surface area contributed by atoms with Gasteiger partial charge in [-0.3, -0.25) is 14.9 Å². The highest BCUT2D eigenvalue weighted by atomic mass is 35.5. The van der Waals surface area contributed by atoms with Gasteiger partial charge < -0.3 is 10.6 Å². The summed E-state index contributed by atoms with van der Waals surface area (Å²) in [5.74, 6) is 0.391. The number of hydrogen-bond acceptors (Lipinski definition) is 4. The number of carbonyl (C=O) groups excluding carboxylic acids is 1. The molecule has 1 aromatic rings. The summed E-state index contributed by atoms with van der Waals surface area (Å²) in [5.41, 5.74) is 0.829. The van der Waals surface area contributed by atoms with Crippen molar-refractivity contribution in [2.45, 2.75) is 25.8 Å². The van der Waals surface area contributed by atoms with Gasteiger partial charge in [0.25, 0.3) is 5.69 Å². The number of nitrogens with one attached hydrogen (secondary N) is 2. The third kappa shape index (κ3) is 4.99. The van der Waals surface area contributed by atoms with E-state index in [0.29, 0.717) is 5.92 Å². The van der Waals surface area contributed by atoms with Crippen molar-refractivity contribution in [1.82, 2.24) is 10.6 Å². The van der Waals surface area contributed by atoms with Gasteiger partial charge in [0.05, 0.1) is 11.3 Å². The molecule has 2 atom stereocenters. The minimum absolute atomic E-state index is 0. The van der Waals surface area contributed by atoms with E-state index < -0.39 is 4.92 Å². The van der Waals surface area contributed by atoms with Gasteiger partial charge in [0.1, 0.15) is 0 Å². The number of piperidine rings is 1. The SMILES string of the molecule is CC1CNCCC1NC(=O)Cc1ccc([N+](=O)[O-])cc1.Cl. The number of amides is 1. The van der Waals surface area contributed by atoms with Gasteiger partial charge >= 0.3 is 0 Å². The molecule has 0 aliphatic carbocycles. The van der Waals surface area contributed by atoms with Gasteiger partial charge in [0.2, 0.25) is 5.91 Å². The van der Waals surface area contributed by atoms with Crippen LogP contribution in [-0.2, 0) is 11.2 Å². The van der Waals surface area contributed by atoms with E-state index in [-0.39, 0.29) is 36.5 Å². The molecular formula is C14H20ClN3O3. The third-order valence-electron chi connectivity index (χ3n) is 3.64. The fraction of sp³-hybridized carbons (Fsp3) is 0.500. The predicted octanol–water partition coefficient (Wildman–Crippen LogP) is 1.67. The van der Waals surface area contributed by atoms with E-state index in [2.05, 4.69) is 17.6 Å². The van der Waals surface area contributed by atoms with E-state index in [0.717, 1.165) is 25.1 Å². The van der Waals surface area contributed by atoms with E-state index >= 15 is 0 Å².